The molecule has 29 heavy (non-hydrogen) atoms. The molecule has 1 saturated carbocycles. The highest BCUT2D eigenvalue weighted by atomic mass is 35.5. The maximum Gasteiger partial charge on any atom is 0.255 e. The van der Waals surface area contributed by atoms with Gasteiger partial charge in [0.1, 0.15) is 11.2 Å². The van der Waals surface area contributed by atoms with E-state index < -0.39 is 0 Å². The van der Waals surface area contributed by atoms with Gasteiger partial charge in [-0.2, -0.15) is 0 Å². The highest BCUT2D eigenvalue weighted by molar-refractivity contribution is 6.31. The monoisotopic (exact) mass is 410 g/mol. The van der Waals surface area contributed by atoms with Crippen molar-refractivity contribution in [2.75, 3.05) is 11.9 Å². The first-order valence-corrected chi connectivity index (χ1v) is 10.1. The average Bonchev–Trinajstić information content (AvgIpc) is 3.42. The number of amides is 1. The quantitative estimate of drug-likeness (QED) is 0.442. The largest absolute Gasteiger partial charge is 0.384 e. The summed E-state index contributed by atoms with van der Waals surface area (Å²) in [6.07, 6.45) is 5.61. The van der Waals surface area contributed by atoms with E-state index in [1.54, 1.807) is 18.5 Å². The highest BCUT2D eigenvalue weighted by Gasteiger charge is 2.22. The zero-order valence-electron chi connectivity index (χ0n) is 16.3. The molecule has 1 aliphatic carbocycles. The van der Waals surface area contributed by atoms with E-state index in [0.29, 0.717) is 38.9 Å². The third-order valence-electron chi connectivity index (χ3n) is 4.83. The Hall–Kier alpha value is -2.93. The van der Waals surface area contributed by atoms with Crippen LogP contribution in [0.4, 0.5) is 5.69 Å². The summed E-state index contributed by atoms with van der Waals surface area (Å²) in [4.78, 5) is 24.3. The van der Waals surface area contributed by atoms with Crippen molar-refractivity contribution in [2.45, 2.75) is 32.7 Å². The molecule has 1 amide bonds. The van der Waals surface area contributed by atoms with Gasteiger partial charge in [-0.1, -0.05) is 11.6 Å². The van der Waals surface area contributed by atoms with Crippen LogP contribution in [-0.4, -0.2) is 39.2 Å². The first kappa shape index (κ1) is 19.4. The van der Waals surface area contributed by atoms with Gasteiger partial charge >= 0.3 is 0 Å². The van der Waals surface area contributed by atoms with Crippen molar-refractivity contribution in [3.8, 4) is 0 Å². The lowest BCUT2D eigenvalue weighted by molar-refractivity contribution is 0.0944. The predicted octanol–water partition coefficient (Wildman–Crippen LogP) is 3.99. The molecule has 7 nitrogen and oxygen atoms in total. The minimum Gasteiger partial charge on any atom is -0.384 e. The number of nitrogens with one attached hydrogen (secondary N) is 4. The number of anilines is 1. The first-order valence-electron chi connectivity index (χ1n) is 9.70. The second-order valence-corrected chi connectivity index (χ2v) is 8.11. The summed E-state index contributed by atoms with van der Waals surface area (Å²) in [5.74, 6) is 0.469. The van der Waals surface area contributed by atoms with Crippen molar-refractivity contribution in [1.29, 1.82) is 5.41 Å². The lowest BCUT2D eigenvalue weighted by Gasteiger charge is -2.13. The Bertz CT molecular complexity index is 1090. The van der Waals surface area contributed by atoms with Crippen LogP contribution in [-0.2, 0) is 0 Å². The van der Waals surface area contributed by atoms with Gasteiger partial charge in [-0.3, -0.25) is 10.2 Å². The van der Waals surface area contributed by atoms with Gasteiger partial charge < -0.3 is 15.6 Å². The summed E-state index contributed by atoms with van der Waals surface area (Å²) < 4.78 is 0. The summed E-state index contributed by atoms with van der Waals surface area (Å²) in [5.41, 5.74) is 3.51. The fraction of sp³-hybridized carbons (Fsp3) is 0.333. The smallest absolute Gasteiger partial charge is 0.255 e. The van der Waals surface area contributed by atoms with Crippen LogP contribution in [0.15, 0.2) is 30.6 Å². The number of aromatic amines is 1. The maximum atomic E-state index is 12.5. The Labute approximate surface area is 173 Å². The van der Waals surface area contributed by atoms with E-state index in [1.807, 2.05) is 26.0 Å². The Morgan fingerprint density at radius 3 is 2.86 bits per heavy atom. The molecule has 2 heterocycles. The summed E-state index contributed by atoms with van der Waals surface area (Å²) in [6.45, 7) is 4.66. The third kappa shape index (κ3) is 4.24. The van der Waals surface area contributed by atoms with Crippen molar-refractivity contribution >= 4 is 40.1 Å². The molecule has 3 aromatic rings. The molecule has 1 fully saturated rings. The number of aromatic nitrogens is 3. The van der Waals surface area contributed by atoms with Crippen molar-refractivity contribution < 1.29 is 4.79 Å². The van der Waals surface area contributed by atoms with Gasteiger partial charge in [0.2, 0.25) is 0 Å². The van der Waals surface area contributed by atoms with Gasteiger partial charge in [0.15, 0.2) is 5.65 Å². The van der Waals surface area contributed by atoms with Gasteiger partial charge in [0.25, 0.3) is 5.91 Å². The number of carbonyl (C=O) groups excluding carboxylic acids is 1. The number of halogens is 1. The summed E-state index contributed by atoms with van der Waals surface area (Å²) in [5, 5.41) is 15.6. The number of benzene rings is 1. The fourth-order valence-corrected chi connectivity index (χ4v) is 3.29. The minimum absolute atomic E-state index is 0.0102. The van der Waals surface area contributed by atoms with Gasteiger partial charge in [0, 0.05) is 35.1 Å². The normalized spacial score (nSPS) is 13.7. The molecule has 0 aliphatic heterocycles. The predicted molar refractivity (Wildman–Crippen MR) is 115 cm³/mol. The molecule has 1 aliphatic rings. The summed E-state index contributed by atoms with van der Waals surface area (Å²) in [6, 6.07) is 5.42. The zero-order chi connectivity index (χ0) is 20.5. The average molecular weight is 411 g/mol. The van der Waals surface area contributed by atoms with Crippen molar-refractivity contribution in [1.82, 2.24) is 20.3 Å². The fourth-order valence-electron chi connectivity index (χ4n) is 3.12. The summed E-state index contributed by atoms with van der Waals surface area (Å²) in [7, 11) is 0. The van der Waals surface area contributed by atoms with Crippen LogP contribution >= 0.6 is 11.6 Å². The van der Waals surface area contributed by atoms with Crippen LogP contribution in [0.25, 0.3) is 11.2 Å². The molecule has 2 aromatic heterocycles. The van der Waals surface area contributed by atoms with Crippen molar-refractivity contribution in [3.05, 3.63) is 52.4 Å². The van der Waals surface area contributed by atoms with Gasteiger partial charge in [0.05, 0.1) is 17.5 Å². The molecule has 4 rings (SSSR count). The van der Waals surface area contributed by atoms with Gasteiger partial charge in [-0.15, -0.1) is 0 Å². The van der Waals surface area contributed by atoms with E-state index in [4.69, 9.17) is 17.0 Å². The number of rotatable bonds is 7. The molecule has 4 N–H and O–H groups in total. The van der Waals surface area contributed by atoms with E-state index in [1.165, 1.54) is 12.8 Å². The van der Waals surface area contributed by atoms with Crippen molar-refractivity contribution in [3.63, 3.8) is 0 Å². The lowest BCUT2D eigenvalue weighted by Crippen LogP contribution is -2.30. The van der Waals surface area contributed by atoms with Crippen LogP contribution < -0.4 is 10.6 Å². The lowest BCUT2D eigenvalue weighted by atomic mass is 10.0. The van der Waals surface area contributed by atoms with E-state index >= 15 is 0 Å². The molecule has 0 spiro atoms. The van der Waals surface area contributed by atoms with Crippen LogP contribution in [0, 0.1) is 11.3 Å². The second-order valence-electron chi connectivity index (χ2n) is 7.67. The van der Waals surface area contributed by atoms with Crippen LogP contribution in [0.2, 0.25) is 5.02 Å². The van der Waals surface area contributed by atoms with E-state index in [-0.39, 0.29) is 17.7 Å². The number of fused-ring (bicyclic) bond motifs is 1. The standard InChI is InChI=1S/C21H23ClN6O/c1-11(2)27-21(29)15-9-25-20-19(15)28-17(10-26-20)18(23)14-6-5-13(22)7-16(14)24-8-12-3-4-12/h5-7,9-12,23-24H,3-4,8H2,1-2H3,(H,25,26)(H,27,29). The number of H-pyrrole nitrogens is 1. The number of hydrogen-bond acceptors (Lipinski definition) is 5. The Morgan fingerprint density at radius 1 is 1.34 bits per heavy atom. The Kier molecular flexibility index (Phi) is 5.24. The molecule has 0 radical (unpaired) electrons. The zero-order valence-corrected chi connectivity index (χ0v) is 17.1. The number of hydrogen-bond donors (Lipinski definition) is 4. The Morgan fingerprint density at radius 2 is 2.14 bits per heavy atom. The van der Waals surface area contributed by atoms with E-state index in [2.05, 4.69) is 25.6 Å². The van der Waals surface area contributed by atoms with Crippen LogP contribution in [0.3, 0.4) is 0 Å². The Balaban J connectivity index is 1.67. The van der Waals surface area contributed by atoms with E-state index in [9.17, 15) is 4.79 Å². The van der Waals surface area contributed by atoms with Gasteiger partial charge in [-0.05, 0) is 50.8 Å². The number of carbonyl (C=O) groups is 1. The second kappa shape index (κ2) is 7.83. The molecule has 0 bridgehead atoms. The highest BCUT2D eigenvalue weighted by Crippen LogP contribution is 2.30. The maximum absolute atomic E-state index is 12.5. The van der Waals surface area contributed by atoms with Crippen molar-refractivity contribution in [2.24, 2.45) is 5.92 Å². The molecular formula is C21H23ClN6O. The molecule has 150 valence electrons. The molecule has 1 aromatic carbocycles. The molecule has 0 unspecified atom stereocenters. The summed E-state index contributed by atoms with van der Waals surface area (Å²) >= 11 is 6.17. The van der Waals surface area contributed by atoms with Crippen LogP contribution in [0.1, 0.15) is 48.3 Å². The molecule has 0 atom stereocenters. The van der Waals surface area contributed by atoms with Gasteiger partial charge in [-0.25, -0.2) is 9.97 Å². The molecule has 8 heteroatoms. The SMILES string of the molecule is CC(C)NC(=O)c1c[nH]c2ncc(C(=N)c3ccc(Cl)cc3NCC3CC3)nc12. The topological polar surface area (TPSA) is 107 Å². The van der Waals surface area contributed by atoms with Crippen LogP contribution in [0.5, 0.6) is 0 Å². The number of nitrogens with zero attached hydrogens (tertiary/aromatic N) is 2. The van der Waals surface area contributed by atoms with E-state index in [0.717, 1.165) is 12.2 Å². The first-order chi connectivity index (χ1) is 13.9. The molecular weight excluding hydrogens is 388 g/mol. The molecule has 0 saturated heterocycles. The minimum atomic E-state index is -0.220. The third-order valence-corrected chi connectivity index (χ3v) is 5.07.